The molecule has 0 spiro atoms. The Labute approximate surface area is 146 Å². The summed E-state index contributed by atoms with van der Waals surface area (Å²) in [5.74, 6) is 0.471. The van der Waals surface area contributed by atoms with E-state index in [0.717, 1.165) is 31.4 Å². The molecule has 2 aromatic heterocycles. The van der Waals surface area contributed by atoms with Gasteiger partial charge >= 0.3 is 0 Å². The quantitative estimate of drug-likeness (QED) is 0.769. The minimum atomic E-state index is 0.00996. The smallest absolute Gasteiger partial charge is 0.257 e. The number of likely N-dealkylation sites (tertiary alicyclic amines) is 1. The summed E-state index contributed by atoms with van der Waals surface area (Å²) < 4.78 is 0. The van der Waals surface area contributed by atoms with Crippen LogP contribution in [0.3, 0.4) is 0 Å². The van der Waals surface area contributed by atoms with Crippen LogP contribution in [0.1, 0.15) is 40.2 Å². The van der Waals surface area contributed by atoms with Crippen LogP contribution < -0.4 is 5.73 Å². The third kappa shape index (κ3) is 2.89. The van der Waals surface area contributed by atoms with Crippen LogP contribution in [0.4, 0.5) is 0 Å². The first-order chi connectivity index (χ1) is 12.3. The van der Waals surface area contributed by atoms with Gasteiger partial charge in [-0.15, -0.1) is 0 Å². The van der Waals surface area contributed by atoms with Crippen LogP contribution >= 0.6 is 0 Å². The zero-order valence-corrected chi connectivity index (χ0v) is 14.0. The van der Waals surface area contributed by atoms with Gasteiger partial charge in [0.05, 0.1) is 23.6 Å². The van der Waals surface area contributed by atoms with Gasteiger partial charge in [0.1, 0.15) is 5.52 Å². The summed E-state index contributed by atoms with van der Waals surface area (Å²) in [6, 6.07) is 8.35. The summed E-state index contributed by atoms with van der Waals surface area (Å²) in [6.07, 6.45) is 6.80. The van der Waals surface area contributed by atoms with Gasteiger partial charge in [-0.1, -0.05) is 24.3 Å². The van der Waals surface area contributed by atoms with E-state index in [0.29, 0.717) is 23.5 Å². The maximum atomic E-state index is 12.9. The lowest BCUT2D eigenvalue weighted by Gasteiger charge is -2.33. The van der Waals surface area contributed by atoms with Crippen LogP contribution in [0.5, 0.6) is 0 Å². The first kappa shape index (κ1) is 15.8. The predicted molar refractivity (Wildman–Crippen MR) is 96.1 cm³/mol. The first-order valence-corrected chi connectivity index (χ1v) is 8.62. The van der Waals surface area contributed by atoms with Gasteiger partial charge in [0, 0.05) is 25.8 Å². The lowest BCUT2D eigenvalue weighted by atomic mass is 9.86. The third-order valence-electron chi connectivity index (χ3n) is 5.06. The van der Waals surface area contributed by atoms with Crippen LogP contribution in [-0.2, 0) is 6.54 Å². The van der Waals surface area contributed by atoms with Crippen molar-refractivity contribution in [1.29, 1.82) is 0 Å². The van der Waals surface area contributed by atoms with Gasteiger partial charge in [0.25, 0.3) is 5.91 Å². The average Bonchev–Trinajstić information content (AvgIpc) is 3.16. The van der Waals surface area contributed by atoms with E-state index < -0.39 is 0 Å². The van der Waals surface area contributed by atoms with E-state index >= 15 is 0 Å². The number of rotatable bonds is 3. The van der Waals surface area contributed by atoms with E-state index in [1.807, 2.05) is 11.0 Å². The first-order valence-electron chi connectivity index (χ1n) is 8.62. The van der Waals surface area contributed by atoms with Gasteiger partial charge < -0.3 is 15.6 Å². The second kappa shape index (κ2) is 6.64. The molecule has 0 aliphatic carbocycles. The lowest BCUT2D eigenvalue weighted by Crippen LogP contribution is -2.38. The Bertz CT molecular complexity index is 895. The van der Waals surface area contributed by atoms with Gasteiger partial charge in [0.15, 0.2) is 0 Å². The number of nitrogens with one attached hydrogen (secondary N) is 1. The number of nitrogens with two attached hydrogens (primary N) is 1. The molecular weight excluding hydrogens is 314 g/mol. The SMILES string of the molecule is NCc1ccccc1C1CCN(C(=O)c2cncc3[nH]cnc23)CC1. The van der Waals surface area contributed by atoms with Crippen LogP contribution in [-0.4, -0.2) is 38.8 Å². The lowest BCUT2D eigenvalue weighted by molar-refractivity contribution is 0.0714. The number of amides is 1. The normalized spacial score (nSPS) is 15.6. The topological polar surface area (TPSA) is 87.9 Å². The van der Waals surface area contributed by atoms with Crippen molar-refractivity contribution >= 4 is 16.9 Å². The Morgan fingerprint density at radius 2 is 2.04 bits per heavy atom. The molecule has 0 bridgehead atoms. The number of hydrogen-bond acceptors (Lipinski definition) is 4. The largest absolute Gasteiger partial charge is 0.343 e. The monoisotopic (exact) mass is 335 g/mol. The molecule has 0 atom stereocenters. The van der Waals surface area contributed by atoms with Gasteiger partial charge in [-0.2, -0.15) is 0 Å². The van der Waals surface area contributed by atoms with Crippen molar-refractivity contribution in [1.82, 2.24) is 19.9 Å². The maximum absolute atomic E-state index is 12.9. The molecule has 3 N–H and O–H groups in total. The third-order valence-corrected chi connectivity index (χ3v) is 5.06. The van der Waals surface area contributed by atoms with Crippen LogP contribution in [0.25, 0.3) is 11.0 Å². The highest BCUT2D eigenvalue weighted by Gasteiger charge is 2.27. The number of pyridine rings is 1. The second-order valence-corrected chi connectivity index (χ2v) is 6.46. The molecule has 1 fully saturated rings. The number of nitrogens with zero attached hydrogens (tertiary/aromatic N) is 3. The zero-order valence-electron chi connectivity index (χ0n) is 14.0. The summed E-state index contributed by atoms with van der Waals surface area (Å²) in [6.45, 7) is 2.04. The molecule has 1 aliphatic rings. The number of H-pyrrole nitrogens is 1. The van der Waals surface area contributed by atoms with Crippen LogP contribution in [0, 0.1) is 0 Å². The molecule has 3 aromatic rings. The molecule has 6 heteroatoms. The van der Waals surface area contributed by atoms with E-state index in [-0.39, 0.29) is 5.91 Å². The number of carbonyl (C=O) groups is 1. The van der Waals surface area contributed by atoms with Crippen molar-refractivity contribution < 1.29 is 4.79 Å². The summed E-state index contributed by atoms with van der Waals surface area (Å²) in [5.41, 5.74) is 10.5. The number of fused-ring (bicyclic) bond motifs is 1. The van der Waals surface area contributed by atoms with Crippen LogP contribution in [0.15, 0.2) is 43.0 Å². The summed E-state index contributed by atoms with van der Waals surface area (Å²) in [4.78, 5) is 26.2. The fourth-order valence-corrected chi connectivity index (χ4v) is 3.70. The fourth-order valence-electron chi connectivity index (χ4n) is 3.70. The molecule has 0 radical (unpaired) electrons. The Morgan fingerprint density at radius 1 is 1.24 bits per heavy atom. The highest BCUT2D eigenvalue weighted by molar-refractivity contribution is 6.04. The van der Waals surface area contributed by atoms with E-state index in [9.17, 15) is 4.79 Å². The second-order valence-electron chi connectivity index (χ2n) is 6.46. The summed E-state index contributed by atoms with van der Waals surface area (Å²) >= 11 is 0. The molecule has 3 heterocycles. The standard InChI is InChI=1S/C19H21N5O/c20-9-14-3-1-2-4-15(14)13-5-7-24(8-6-13)19(25)16-10-21-11-17-18(16)23-12-22-17/h1-4,10-13H,5-9,20H2,(H,22,23). The van der Waals surface area contributed by atoms with Crippen LogP contribution in [0.2, 0.25) is 0 Å². The van der Waals surface area contributed by atoms with E-state index in [2.05, 4.69) is 33.2 Å². The molecule has 1 saturated heterocycles. The molecule has 0 unspecified atom stereocenters. The van der Waals surface area contributed by atoms with Gasteiger partial charge in [0.2, 0.25) is 0 Å². The van der Waals surface area contributed by atoms with Crippen molar-refractivity contribution in [3.8, 4) is 0 Å². The fraction of sp³-hybridized carbons (Fsp3) is 0.316. The van der Waals surface area contributed by atoms with E-state index in [4.69, 9.17) is 5.73 Å². The van der Waals surface area contributed by atoms with Crippen molar-refractivity contribution in [3.05, 3.63) is 59.7 Å². The molecular formula is C19H21N5O. The maximum Gasteiger partial charge on any atom is 0.257 e. The summed E-state index contributed by atoms with van der Waals surface area (Å²) in [7, 11) is 0. The number of carbonyl (C=O) groups excluding carboxylic acids is 1. The molecule has 25 heavy (non-hydrogen) atoms. The Hall–Kier alpha value is -2.73. The van der Waals surface area contributed by atoms with Gasteiger partial charge in [-0.05, 0) is 29.9 Å². The van der Waals surface area contributed by atoms with Crippen molar-refractivity contribution in [2.75, 3.05) is 13.1 Å². The number of benzene rings is 1. The highest BCUT2D eigenvalue weighted by atomic mass is 16.2. The zero-order chi connectivity index (χ0) is 17.2. The number of piperidine rings is 1. The Morgan fingerprint density at radius 3 is 2.84 bits per heavy atom. The number of hydrogen-bond donors (Lipinski definition) is 2. The van der Waals surface area contributed by atoms with Crippen molar-refractivity contribution in [3.63, 3.8) is 0 Å². The molecule has 6 nitrogen and oxygen atoms in total. The Kier molecular flexibility index (Phi) is 4.19. The van der Waals surface area contributed by atoms with Gasteiger partial charge in [-0.25, -0.2) is 4.98 Å². The van der Waals surface area contributed by atoms with Crippen molar-refractivity contribution in [2.24, 2.45) is 5.73 Å². The molecule has 4 rings (SSSR count). The molecule has 1 aromatic carbocycles. The average molecular weight is 335 g/mol. The predicted octanol–water partition coefficient (Wildman–Crippen LogP) is 2.44. The van der Waals surface area contributed by atoms with E-state index in [1.165, 1.54) is 11.1 Å². The highest BCUT2D eigenvalue weighted by Crippen LogP contribution is 2.31. The molecule has 1 amide bonds. The molecule has 128 valence electrons. The minimum Gasteiger partial charge on any atom is -0.343 e. The van der Waals surface area contributed by atoms with Gasteiger partial charge in [-0.3, -0.25) is 9.78 Å². The van der Waals surface area contributed by atoms with E-state index in [1.54, 1.807) is 18.7 Å². The molecule has 1 aliphatic heterocycles. The Balaban J connectivity index is 1.50. The summed E-state index contributed by atoms with van der Waals surface area (Å²) in [5, 5.41) is 0. The van der Waals surface area contributed by atoms with Crippen molar-refractivity contribution in [2.45, 2.75) is 25.3 Å². The number of aromatic amines is 1. The molecule has 0 saturated carbocycles. The number of aromatic nitrogens is 3. The number of imidazole rings is 1. The minimum absolute atomic E-state index is 0.00996.